The molecule has 0 aromatic rings. The van der Waals surface area contributed by atoms with E-state index in [9.17, 15) is 4.79 Å². The molecule has 1 rings (SSSR count). The average Bonchev–Trinajstić information content (AvgIpc) is 2.27. The third-order valence-corrected chi connectivity index (χ3v) is 3.53. The largest absolute Gasteiger partial charge is 0.341 e. The molecule has 1 heterocycles. The summed E-state index contributed by atoms with van der Waals surface area (Å²) in [6.45, 7) is 8.08. The molecule has 0 aromatic heterocycles. The van der Waals surface area contributed by atoms with Gasteiger partial charge in [-0.15, -0.1) is 0 Å². The number of likely N-dealkylation sites (N-methyl/N-ethyl adjacent to an activating group) is 1. The molecule has 3 nitrogen and oxygen atoms in total. The maximum atomic E-state index is 12.1. The highest BCUT2D eigenvalue weighted by atomic mass is 16.2. The van der Waals surface area contributed by atoms with Crippen molar-refractivity contribution in [3.63, 3.8) is 0 Å². The molecule has 3 heteroatoms. The second-order valence-electron chi connectivity index (χ2n) is 4.94. The summed E-state index contributed by atoms with van der Waals surface area (Å²) in [7, 11) is 1.98. The van der Waals surface area contributed by atoms with Crippen molar-refractivity contribution in [3.8, 4) is 0 Å². The molecule has 88 valence electrons. The maximum absolute atomic E-state index is 12.1. The molecule has 1 amide bonds. The highest BCUT2D eigenvalue weighted by Crippen LogP contribution is 2.17. The fourth-order valence-corrected chi connectivity index (χ4v) is 1.99. The zero-order valence-electron chi connectivity index (χ0n) is 10.4. The number of carbonyl (C=O) groups is 1. The Morgan fingerprint density at radius 3 is 2.60 bits per heavy atom. The van der Waals surface area contributed by atoms with Crippen molar-refractivity contribution in [1.29, 1.82) is 0 Å². The normalized spacial score (nSPS) is 24.3. The molecule has 0 radical (unpaired) electrons. The fraction of sp³-hybridized carbons (Fsp3) is 0.917. The van der Waals surface area contributed by atoms with E-state index >= 15 is 0 Å². The topological polar surface area (TPSA) is 32.3 Å². The SMILES string of the molecule is CNC1CCCN(C(=O)C(C)C(C)C)C1. The molecule has 1 N–H and O–H groups in total. The van der Waals surface area contributed by atoms with Crippen LogP contribution in [0.25, 0.3) is 0 Å². The third kappa shape index (κ3) is 3.20. The summed E-state index contributed by atoms with van der Waals surface area (Å²) >= 11 is 0. The zero-order valence-corrected chi connectivity index (χ0v) is 10.4. The quantitative estimate of drug-likeness (QED) is 0.768. The number of hydrogen-bond donors (Lipinski definition) is 1. The van der Waals surface area contributed by atoms with Crippen LogP contribution in [0.2, 0.25) is 0 Å². The Kier molecular flexibility index (Phi) is 4.58. The molecular formula is C12H24N2O. The van der Waals surface area contributed by atoms with E-state index in [-0.39, 0.29) is 5.92 Å². The summed E-state index contributed by atoms with van der Waals surface area (Å²) in [6, 6.07) is 0.488. The van der Waals surface area contributed by atoms with Gasteiger partial charge in [0.1, 0.15) is 0 Å². The fourth-order valence-electron chi connectivity index (χ4n) is 1.99. The van der Waals surface area contributed by atoms with E-state index in [0.29, 0.717) is 17.9 Å². The molecule has 15 heavy (non-hydrogen) atoms. The van der Waals surface area contributed by atoms with Crippen LogP contribution in [0.3, 0.4) is 0 Å². The first-order valence-electron chi connectivity index (χ1n) is 6.02. The van der Waals surface area contributed by atoms with Gasteiger partial charge in [0, 0.05) is 25.0 Å². The lowest BCUT2D eigenvalue weighted by atomic mass is 9.95. The van der Waals surface area contributed by atoms with E-state index < -0.39 is 0 Å². The number of carbonyl (C=O) groups excluding carboxylic acids is 1. The van der Waals surface area contributed by atoms with Crippen LogP contribution in [0.1, 0.15) is 33.6 Å². The molecule has 0 spiro atoms. The first-order valence-corrected chi connectivity index (χ1v) is 6.02. The molecule has 1 aliphatic rings. The first-order chi connectivity index (χ1) is 7.06. The molecule has 0 saturated carbocycles. The van der Waals surface area contributed by atoms with E-state index in [2.05, 4.69) is 19.2 Å². The smallest absolute Gasteiger partial charge is 0.225 e. The van der Waals surface area contributed by atoms with Gasteiger partial charge in [0.15, 0.2) is 0 Å². The molecule has 1 fully saturated rings. The van der Waals surface area contributed by atoms with Crippen molar-refractivity contribution in [2.45, 2.75) is 39.7 Å². The zero-order chi connectivity index (χ0) is 11.4. The van der Waals surface area contributed by atoms with Gasteiger partial charge in [0.05, 0.1) is 0 Å². The predicted molar refractivity (Wildman–Crippen MR) is 62.7 cm³/mol. The van der Waals surface area contributed by atoms with Gasteiger partial charge >= 0.3 is 0 Å². The van der Waals surface area contributed by atoms with Gasteiger partial charge in [0.25, 0.3) is 0 Å². The summed E-state index contributed by atoms with van der Waals surface area (Å²) in [5.74, 6) is 0.915. The summed E-state index contributed by atoms with van der Waals surface area (Å²) in [5.41, 5.74) is 0. The number of piperidine rings is 1. The highest BCUT2D eigenvalue weighted by molar-refractivity contribution is 5.78. The number of nitrogens with one attached hydrogen (secondary N) is 1. The Bertz CT molecular complexity index is 216. The minimum absolute atomic E-state index is 0.153. The van der Waals surface area contributed by atoms with Crippen molar-refractivity contribution in [1.82, 2.24) is 10.2 Å². The van der Waals surface area contributed by atoms with Crippen LogP contribution in [0, 0.1) is 11.8 Å². The second-order valence-corrected chi connectivity index (χ2v) is 4.94. The predicted octanol–water partition coefficient (Wildman–Crippen LogP) is 1.49. The van der Waals surface area contributed by atoms with Crippen molar-refractivity contribution in [2.24, 2.45) is 11.8 Å². The standard InChI is InChI=1S/C12H24N2O/c1-9(2)10(3)12(15)14-7-5-6-11(8-14)13-4/h9-11,13H,5-8H2,1-4H3. The minimum Gasteiger partial charge on any atom is -0.341 e. The maximum Gasteiger partial charge on any atom is 0.225 e. The van der Waals surface area contributed by atoms with Gasteiger partial charge in [0.2, 0.25) is 5.91 Å². The lowest BCUT2D eigenvalue weighted by Gasteiger charge is -2.35. The second kappa shape index (κ2) is 5.50. The Balaban J connectivity index is 2.52. The van der Waals surface area contributed by atoms with Crippen LogP contribution in [0.15, 0.2) is 0 Å². The number of amides is 1. The number of nitrogens with zero attached hydrogens (tertiary/aromatic N) is 1. The molecular weight excluding hydrogens is 188 g/mol. The van der Waals surface area contributed by atoms with Gasteiger partial charge in [-0.1, -0.05) is 20.8 Å². The van der Waals surface area contributed by atoms with Crippen LogP contribution < -0.4 is 5.32 Å². The van der Waals surface area contributed by atoms with Crippen molar-refractivity contribution in [2.75, 3.05) is 20.1 Å². The van der Waals surface area contributed by atoms with Gasteiger partial charge in [-0.3, -0.25) is 4.79 Å². The Hall–Kier alpha value is -0.570. The van der Waals surface area contributed by atoms with Crippen molar-refractivity contribution >= 4 is 5.91 Å². The Morgan fingerprint density at radius 2 is 2.07 bits per heavy atom. The summed E-state index contributed by atoms with van der Waals surface area (Å²) < 4.78 is 0. The lowest BCUT2D eigenvalue weighted by Crippen LogP contribution is -2.49. The lowest BCUT2D eigenvalue weighted by molar-refractivity contribution is -0.137. The van der Waals surface area contributed by atoms with E-state index in [1.165, 1.54) is 6.42 Å². The van der Waals surface area contributed by atoms with Crippen LogP contribution in [0.4, 0.5) is 0 Å². The Labute approximate surface area is 93.2 Å². The minimum atomic E-state index is 0.153. The summed E-state index contributed by atoms with van der Waals surface area (Å²) in [4.78, 5) is 14.1. The number of hydrogen-bond acceptors (Lipinski definition) is 2. The van der Waals surface area contributed by atoms with Gasteiger partial charge in [-0.2, -0.15) is 0 Å². The van der Waals surface area contributed by atoms with Crippen molar-refractivity contribution in [3.05, 3.63) is 0 Å². The molecule has 0 bridgehead atoms. The molecule has 0 aliphatic carbocycles. The van der Waals surface area contributed by atoms with Crippen LogP contribution in [-0.2, 0) is 4.79 Å². The van der Waals surface area contributed by atoms with Crippen LogP contribution in [-0.4, -0.2) is 37.0 Å². The monoisotopic (exact) mass is 212 g/mol. The van der Waals surface area contributed by atoms with Crippen LogP contribution in [0.5, 0.6) is 0 Å². The highest BCUT2D eigenvalue weighted by Gasteiger charge is 2.27. The van der Waals surface area contributed by atoms with Crippen LogP contribution >= 0.6 is 0 Å². The number of rotatable bonds is 3. The van der Waals surface area contributed by atoms with Gasteiger partial charge in [-0.25, -0.2) is 0 Å². The summed E-state index contributed by atoms with van der Waals surface area (Å²) in [6.07, 6.45) is 2.32. The third-order valence-electron chi connectivity index (χ3n) is 3.53. The molecule has 2 atom stereocenters. The molecule has 2 unspecified atom stereocenters. The van der Waals surface area contributed by atoms with Gasteiger partial charge in [-0.05, 0) is 25.8 Å². The van der Waals surface area contributed by atoms with E-state index in [4.69, 9.17) is 0 Å². The van der Waals surface area contributed by atoms with E-state index in [1.54, 1.807) is 0 Å². The average molecular weight is 212 g/mol. The van der Waals surface area contributed by atoms with E-state index in [1.807, 2.05) is 18.9 Å². The van der Waals surface area contributed by atoms with E-state index in [0.717, 1.165) is 19.5 Å². The van der Waals surface area contributed by atoms with Gasteiger partial charge < -0.3 is 10.2 Å². The summed E-state index contributed by atoms with van der Waals surface area (Å²) in [5, 5.41) is 3.26. The molecule has 1 aliphatic heterocycles. The number of likely N-dealkylation sites (tertiary alicyclic amines) is 1. The molecule has 1 saturated heterocycles. The molecule has 0 aromatic carbocycles. The Morgan fingerprint density at radius 1 is 1.40 bits per heavy atom. The van der Waals surface area contributed by atoms with Crippen molar-refractivity contribution < 1.29 is 4.79 Å². The first kappa shape index (κ1) is 12.5.